The molecule has 0 saturated carbocycles. The summed E-state index contributed by atoms with van der Waals surface area (Å²) in [6, 6.07) is 7.45. The van der Waals surface area contributed by atoms with Crippen LogP contribution in [0.5, 0.6) is 0 Å². The van der Waals surface area contributed by atoms with Crippen molar-refractivity contribution in [3.05, 3.63) is 46.7 Å². The van der Waals surface area contributed by atoms with Crippen molar-refractivity contribution in [2.75, 3.05) is 13.6 Å². The highest BCUT2D eigenvalue weighted by atomic mass is 35.5. The first-order valence-electron chi connectivity index (χ1n) is 6.43. The van der Waals surface area contributed by atoms with E-state index in [4.69, 9.17) is 11.6 Å². The van der Waals surface area contributed by atoms with Crippen molar-refractivity contribution in [3.8, 4) is 5.69 Å². The molecule has 1 amide bonds. The molecule has 1 aromatic heterocycles. The molecule has 0 unspecified atom stereocenters. The summed E-state index contributed by atoms with van der Waals surface area (Å²) in [7, 11) is 1.57. The third-order valence-corrected chi connectivity index (χ3v) is 3.19. The van der Waals surface area contributed by atoms with Crippen LogP contribution in [-0.2, 0) is 6.54 Å². The molecular formula is C14H17ClN4O. The van der Waals surface area contributed by atoms with Gasteiger partial charge in [-0.3, -0.25) is 4.79 Å². The highest BCUT2D eigenvalue weighted by molar-refractivity contribution is 6.32. The number of nitrogens with one attached hydrogen (secondary N) is 2. The maximum Gasteiger partial charge on any atom is 0.271 e. The highest BCUT2D eigenvalue weighted by Gasteiger charge is 2.10. The van der Waals surface area contributed by atoms with E-state index < -0.39 is 0 Å². The van der Waals surface area contributed by atoms with Gasteiger partial charge in [-0.1, -0.05) is 24.6 Å². The molecule has 1 aromatic carbocycles. The number of aromatic nitrogens is 2. The zero-order valence-electron chi connectivity index (χ0n) is 11.5. The van der Waals surface area contributed by atoms with Gasteiger partial charge in [0.15, 0.2) is 5.69 Å². The van der Waals surface area contributed by atoms with Gasteiger partial charge in [-0.25, -0.2) is 4.68 Å². The summed E-state index contributed by atoms with van der Waals surface area (Å²) in [5.74, 6) is -0.219. The lowest BCUT2D eigenvalue weighted by Crippen LogP contribution is -2.18. The quantitative estimate of drug-likeness (QED) is 0.886. The average molecular weight is 293 g/mol. The van der Waals surface area contributed by atoms with Gasteiger partial charge in [0.1, 0.15) is 0 Å². The third-order valence-electron chi connectivity index (χ3n) is 2.89. The molecule has 0 fully saturated rings. The van der Waals surface area contributed by atoms with E-state index in [9.17, 15) is 4.79 Å². The van der Waals surface area contributed by atoms with E-state index in [-0.39, 0.29) is 5.91 Å². The molecule has 0 bridgehead atoms. The lowest BCUT2D eigenvalue weighted by atomic mass is 10.2. The molecule has 2 N–H and O–H groups in total. The fraction of sp³-hybridized carbons (Fsp3) is 0.286. The number of hydrogen-bond acceptors (Lipinski definition) is 3. The van der Waals surface area contributed by atoms with Crippen LogP contribution in [0.3, 0.4) is 0 Å². The van der Waals surface area contributed by atoms with Crippen molar-refractivity contribution >= 4 is 17.5 Å². The number of benzene rings is 1. The molecule has 1 heterocycles. The second kappa shape index (κ2) is 6.54. The SMILES string of the molecule is CCNCc1ccc(-n2ccc(C(=O)NC)n2)c(Cl)c1. The van der Waals surface area contributed by atoms with Gasteiger partial charge < -0.3 is 10.6 Å². The Morgan fingerprint density at radius 1 is 1.40 bits per heavy atom. The zero-order chi connectivity index (χ0) is 14.5. The molecule has 2 aromatic rings. The van der Waals surface area contributed by atoms with Crippen LogP contribution in [0.4, 0.5) is 0 Å². The minimum atomic E-state index is -0.219. The summed E-state index contributed by atoms with van der Waals surface area (Å²) in [4.78, 5) is 11.5. The predicted octanol–water partition coefficient (Wildman–Crippen LogP) is 1.99. The first-order chi connectivity index (χ1) is 9.65. The van der Waals surface area contributed by atoms with Crippen molar-refractivity contribution in [2.24, 2.45) is 0 Å². The minimum absolute atomic E-state index is 0.219. The Bertz CT molecular complexity index is 609. The number of rotatable bonds is 5. The average Bonchev–Trinajstić information content (AvgIpc) is 2.94. The predicted molar refractivity (Wildman–Crippen MR) is 79.3 cm³/mol. The van der Waals surface area contributed by atoms with E-state index in [1.807, 2.05) is 18.2 Å². The Hall–Kier alpha value is -1.85. The second-order valence-corrected chi connectivity index (χ2v) is 4.70. The molecule has 20 heavy (non-hydrogen) atoms. The molecular weight excluding hydrogens is 276 g/mol. The van der Waals surface area contributed by atoms with E-state index in [0.717, 1.165) is 24.3 Å². The Labute approximate surface area is 122 Å². The maximum absolute atomic E-state index is 11.5. The van der Waals surface area contributed by atoms with Crippen LogP contribution in [0.15, 0.2) is 30.5 Å². The second-order valence-electron chi connectivity index (χ2n) is 4.29. The summed E-state index contributed by atoms with van der Waals surface area (Å²) in [6.07, 6.45) is 1.72. The lowest BCUT2D eigenvalue weighted by molar-refractivity contribution is 0.0957. The molecule has 0 aliphatic carbocycles. The smallest absolute Gasteiger partial charge is 0.271 e. The first-order valence-corrected chi connectivity index (χ1v) is 6.80. The van der Waals surface area contributed by atoms with E-state index in [0.29, 0.717) is 10.7 Å². The summed E-state index contributed by atoms with van der Waals surface area (Å²) in [6.45, 7) is 3.74. The molecule has 0 aliphatic rings. The van der Waals surface area contributed by atoms with Crippen LogP contribution in [0, 0.1) is 0 Å². The van der Waals surface area contributed by atoms with Crippen molar-refractivity contribution in [1.82, 2.24) is 20.4 Å². The van der Waals surface area contributed by atoms with Crippen LogP contribution < -0.4 is 10.6 Å². The van der Waals surface area contributed by atoms with Crippen LogP contribution >= 0.6 is 11.6 Å². The van der Waals surface area contributed by atoms with Crippen molar-refractivity contribution < 1.29 is 4.79 Å². The van der Waals surface area contributed by atoms with Gasteiger partial charge in [-0.2, -0.15) is 5.10 Å². The summed E-state index contributed by atoms with van der Waals surface area (Å²) in [5, 5.41) is 10.6. The van der Waals surface area contributed by atoms with Crippen molar-refractivity contribution in [2.45, 2.75) is 13.5 Å². The Kier molecular flexibility index (Phi) is 4.76. The van der Waals surface area contributed by atoms with E-state index in [1.54, 1.807) is 24.0 Å². The number of carbonyl (C=O) groups is 1. The number of hydrogen-bond donors (Lipinski definition) is 2. The van der Waals surface area contributed by atoms with Crippen LogP contribution in [-0.4, -0.2) is 29.3 Å². The fourth-order valence-electron chi connectivity index (χ4n) is 1.82. The summed E-state index contributed by atoms with van der Waals surface area (Å²) >= 11 is 6.28. The molecule has 0 spiro atoms. The maximum atomic E-state index is 11.5. The van der Waals surface area contributed by atoms with Crippen LogP contribution in [0.25, 0.3) is 5.69 Å². The third kappa shape index (κ3) is 3.18. The van der Waals surface area contributed by atoms with Crippen LogP contribution in [0.1, 0.15) is 23.0 Å². The highest BCUT2D eigenvalue weighted by Crippen LogP contribution is 2.21. The molecule has 6 heteroatoms. The van der Waals surface area contributed by atoms with Gasteiger partial charge in [0.25, 0.3) is 5.91 Å². The number of halogens is 1. The van der Waals surface area contributed by atoms with Crippen molar-refractivity contribution in [1.29, 1.82) is 0 Å². The Balaban J connectivity index is 2.24. The van der Waals surface area contributed by atoms with Gasteiger partial charge in [0.05, 0.1) is 10.7 Å². The molecule has 0 radical (unpaired) electrons. The van der Waals surface area contributed by atoms with Gasteiger partial charge in [0, 0.05) is 19.8 Å². The number of nitrogens with zero attached hydrogens (tertiary/aromatic N) is 2. The van der Waals surface area contributed by atoms with Gasteiger partial charge >= 0.3 is 0 Å². The standard InChI is InChI=1S/C14H17ClN4O/c1-3-17-9-10-4-5-13(11(15)8-10)19-7-6-12(18-19)14(20)16-2/h4-8,17H,3,9H2,1-2H3,(H,16,20). The number of carbonyl (C=O) groups excluding carboxylic acids is 1. The van der Waals surface area contributed by atoms with E-state index in [1.165, 1.54) is 0 Å². The zero-order valence-corrected chi connectivity index (χ0v) is 12.2. The summed E-state index contributed by atoms with van der Waals surface area (Å²) in [5.41, 5.74) is 2.22. The molecule has 0 aliphatic heterocycles. The minimum Gasteiger partial charge on any atom is -0.354 e. The molecule has 5 nitrogen and oxygen atoms in total. The summed E-state index contributed by atoms with van der Waals surface area (Å²) < 4.78 is 1.60. The van der Waals surface area contributed by atoms with Crippen molar-refractivity contribution in [3.63, 3.8) is 0 Å². The molecule has 2 rings (SSSR count). The van der Waals surface area contributed by atoms with E-state index in [2.05, 4.69) is 22.7 Å². The molecule has 0 saturated heterocycles. The Morgan fingerprint density at radius 2 is 2.20 bits per heavy atom. The number of amides is 1. The first kappa shape index (κ1) is 14.6. The van der Waals surface area contributed by atoms with Gasteiger partial charge in [0.2, 0.25) is 0 Å². The monoisotopic (exact) mass is 292 g/mol. The molecule has 0 atom stereocenters. The largest absolute Gasteiger partial charge is 0.354 e. The Morgan fingerprint density at radius 3 is 2.85 bits per heavy atom. The van der Waals surface area contributed by atoms with Gasteiger partial charge in [-0.05, 0) is 30.3 Å². The van der Waals surface area contributed by atoms with Gasteiger partial charge in [-0.15, -0.1) is 0 Å². The molecule has 106 valence electrons. The topological polar surface area (TPSA) is 59.0 Å². The van der Waals surface area contributed by atoms with Crippen LogP contribution in [0.2, 0.25) is 5.02 Å². The fourth-order valence-corrected chi connectivity index (χ4v) is 2.11. The normalized spacial score (nSPS) is 10.6. The van der Waals surface area contributed by atoms with E-state index >= 15 is 0 Å². The lowest BCUT2D eigenvalue weighted by Gasteiger charge is -2.07.